The summed E-state index contributed by atoms with van der Waals surface area (Å²) in [6.07, 6.45) is 0. The Hall–Kier alpha value is -6.45. The summed E-state index contributed by atoms with van der Waals surface area (Å²) >= 11 is 0. The molecule has 0 N–H and O–H groups in total. The highest BCUT2D eigenvalue weighted by Crippen LogP contribution is 2.36. The summed E-state index contributed by atoms with van der Waals surface area (Å²) in [7, 11) is 0. The Labute approximate surface area is 280 Å². The SMILES string of the molecule is c1ccc(-c2cccc(-c3nc(-c4cccc(-c5ccccc5)c4)nc(-c4ccc(-c5ccccc5)cc4-c4ccccc4)n3)c2)cc1. The van der Waals surface area contributed by atoms with Crippen molar-refractivity contribution >= 4 is 0 Å². The minimum absolute atomic E-state index is 0.628. The van der Waals surface area contributed by atoms with Crippen molar-refractivity contribution < 1.29 is 0 Å². The molecule has 48 heavy (non-hydrogen) atoms. The van der Waals surface area contributed by atoms with Gasteiger partial charge in [-0.2, -0.15) is 0 Å². The largest absolute Gasteiger partial charge is 0.208 e. The second-order valence-corrected chi connectivity index (χ2v) is 11.7. The fourth-order valence-electron chi connectivity index (χ4n) is 6.10. The van der Waals surface area contributed by atoms with E-state index in [0.29, 0.717) is 17.5 Å². The van der Waals surface area contributed by atoms with Crippen LogP contribution in [-0.4, -0.2) is 15.0 Å². The molecule has 0 aliphatic rings. The number of hydrogen-bond acceptors (Lipinski definition) is 3. The zero-order valence-electron chi connectivity index (χ0n) is 26.2. The number of rotatable bonds is 7. The summed E-state index contributed by atoms with van der Waals surface area (Å²) in [5.41, 5.74) is 11.8. The first-order valence-corrected chi connectivity index (χ1v) is 16.1. The minimum atomic E-state index is 0.628. The third-order valence-electron chi connectivity index (χ3n) is 8.54. The molecule has 8 rings (SSSR count). The highest BCUT2D eigenvalue weighted by atomic mass is 15.0. The molecule has 0 atom stereocenters. The van der Waals surface area contributed by atoms with E-state index in [1.165, 1.54) is 0 Å². The Balaban J connectivity index is 1.33. The van der Waals surface area contributed by atoms with Gasteiger partial charge in [-0.25, -0.2) is 15.0 Å². The smallest absolute Gasteiger partial charge is 0.164 e. The Morgan fingerprint density at radius 1 is 0.208 bits per heavy atom. The predicted octanol–water partition coefficient (Wildman–Crippen LogP) is 11.5. The maximum Gasteiger partial charge on any atom is 0.164 e. The second-order valence-electron chi connectivity index (χ2n) is 11.7. The monoisotopic (exact) mass is 613 g/mol. The van der Waals surface area contributed by atoms with Crippen molar-refractivity contribution in [3.05, 3.63) is 188 Å². The maximum atomic E-state index is 5.18. The molecule has 0 bridgehead atoms. The van der Waals surface area contributed by atoms with Crippen molar-refractivity contribution in [1.29, 1.82) is 0 Å². The molecule has 0 fully saturated rings. The van der Waals surface area contributed by atoms with Crippen LogP contribution in [0.5, 0.6) is 0 Å². The zero-order valence-corrected chi connectivity index (χ0v) is 26.2. The summed E-state index contributed by atoms with van der Waals surface area (Å²) in [4.78, 5) is 15.5. The lowest BCUT2D eigenvalue weighted by Crippen LogP contribution is -2.01. The Bertz CT molecular complexity index is 2220. The second kappa shape index (κ2) is 13.1. The zero-order chi connectivity index (χ0) is 32.1. The van der Waals surface area contributed by atoms with Crippen LogP contribution in [0.2, 0.25) is 0 Å². The highest BCUT2D eigenvalue weighted by molar-refractivity contribution is 5.86. The van der Waals surface area contributed by atoms with Gasteiger partial charge in [0.1, 0.15) is 0 Å². The molecule has 0 aliphatic carbocycles. The van der Waals surface area contributed by atoms with E-state index in [2.05, 4.69) is 164 Å². The van der Waals surface area contributed by atoms with Gasteiger partial charge < -0.3 is 0 Å². The van der Waals surface area contributed by atoms with E-state index >= 15 is 0 Å². The Kier molecular flexibility index (Phi) is 7.92. The lowest BCUT2D eigenvalue weighted by Gasteiger charge is -2.14. The summed E-state index contributed by atoms with van der Waals surface area (Å²) < 4.78 is 0. The Morgan fingerprint density at radius 2 is 0.562 bits per heavy atom. The molecule has 0 saturated heterocycles. The van der Waals surface area contributed by atoms with Gasteiger partial charge in [-0.15, -0.1) is 0 Å². The van der Waals surface area contributed by atoms with Gasteiger partial charge in [0.05, 0.1) is 0 Å². The first kappa shape index (κ1) is 29.0. The van der Waals surface area contributed by atoms with Gasteiger partial charge >= 0.3 is 0 Å². The van der Waals surface area contributed by atoms with Crippen LogP contribution in [0.3, 0.4) is 0 Å². The highest BCUT2D eigenvalue weighted by Gasteiger charge is 2.17. The molecule has 0 amide bonds. The molecule has 0 radical (unpaired) electrons. The van der Waals surface area contributed by atoms with Crippen LogP contribution in [0.1, 0.15) is 0 Å². The fraction of sp³-hybridized carbons (Fsp3) is 0. The summed E-state index contributed by atoms with van der Waals surface area (Å²) in [6.45, 7) is 0. The topological polar surface area (TPSA) is 38.7 Å². The quantitative estimate of drug-likeness (QED) is 0.179. The minimum Gasteiger partial charge on any atom is -0.208 e. The first-order chi connectivity index (χ1) is 23.8. The van der Waals surface area contributed by atoms with Crippen molar-refractivity contribution in [1.82, 2.24) is 15.0 Å². The number of aromatic nitrogens is 3. The molecule has 0 aliphatic heterocycles. The Morgan fingerprint density at radius 3 is 1.02 bits per heavy atom. The fourth-order valence-corrected chi connectivity index (χ4v) is 6.10. The summed E-state index contributed by atoms with van der Waals surface area (Å²) in [6, 6.07) is 65.2. The van der Waals surface area contributed by atoms with Crippen LogP contribution in [0.15, 0.2) is 188 Å². The molecule has 3 heteroatoms. The normalized spacial score (nSPS) is 10.9. The van der Waals surface area contributed by atoms with Crippen LogP contribution >= 0.6 is 0 Å². The molecular formula is C45H31N3. The van der Waals surface area contributed by atoms with E-state index in [1.807, 2.05) is 24.3 Å². The van der Waals surface area contributed by atoms with Crippen molar-refractivity contribution in [2.45, 2.75) is 0 Å². The molecule has 0 saturated carbocycles. The van der Waals surface area contributed by atoms with Gasteiger partial charge in [-0.3, -0.25) is 0 Å². The summed E-state index contributed by atoms with van der Waals surface area (Å²) in [5, 5.41) is 0. The molecule has 8 aromatic rings. The lowest BCUT2D eigenvalue weighted by atomic mass is 9.94. The molecule has 7 aromatic carbocycles. The van der Waals surface area contributed by atoms with Crippen molar-refractivity contribution in [2.24, 2.45) is 0 Å². The van der Waals surface area contributed by atoms with Gasteiger partial charge in [0.25, 0.3) is 0 Å². The standard InChI is InChI=1S/C45H31N3/c1-5-15-32(16-6-1)36-23-13-25-39(29-36)43-46-44(40-26-14-24-37(30-40)33-17-7-2-8-18-33)48-45(47-43)41-28-27-38(34-19-9-3-10-20-34)31-42(41)35-21-11-4-12-22-35/h1-31H. The van der Waals surface area contributed by atoms with Gasteiger partial charge in [-0.05, 0) is 68.8 Å². The molecule has 0 unspecified atom stereocenters. The average molecular weight is 614 g/mol. The van der Waals surface area contributed by atoms with Gasteiger partial charge in [-0.1, -0.05) is 164 Å². The van der Waals surface area contributed by atoms with Crippen molar-refractivity contribution in [3.8, 4) is 78.7 Å². The van der Waals surface area contributed by atoms with Crippen LogP contribution in [0.4, 0.5) is 0 Å². The average Bonchev–Trinajstić information content (AvgIpc) is 3.19. The van der Waals surface area contributed by atoms with Gasteiger partial charge in [0, 0.05) is 16.7 Å². The van der Waals surface area contributed by atoms with Crippen molar-refractivity contribution in [3.63, 3.8) is 0 Å². The van der Waals surface area contributed by atoms with Crippen LogP contribution in [-0.2, 0) is 0 Å². The van der Waals surface area contributed by atoms with Crippen LogP contribution < -0.4 is 0 Å². The molecule has 1 aromatic heterocycles. The molecular weight excluding hydrogens is 583 g/mol. The number of hydrogen-bond donors (Lipinski definition) is 0. The van der Waals surface area contributed by atoms with Crippen molar-refractivity contribution in [2.75, 3.05) is 0 Å². The first-order valence-electron chi connectivity index (χ1n) is 16.1. The molecule has 1 heterocycles. The lowest BCUT2D eigenvalue weighted by molar-refractivity contribution is 1.07. The molecule has 0 spiro atoms. The number of nitrogens with zero attached hydrogens (tertiary/aromatic N) is 3. The van der Waals surface area contributed by atoms with Crippen LogP contribution in [0, 0.1) is 0 Å². The van der Waals surface area contributed by atoms with E-state index in [4.69, 9.17) is 15.0 Å². The van der Waals surface area contributed by atoms with E-state index in [0.717, 1.165) is 61.2 Å². The van der Waals surface area contributed by atoms with Gasteiger partial charge in [0.15, 0.2) is 17.5 Å². The van der Waals surface area contributed by atoms with E-state index in [-0.39, 0.29) is 0 Å². The predicted molar refractivity (Wildman–Crippen MR) is 198 cm³/mol. The molecule has 3 nitrogen and oxygen atoms in total. The van der Waals surface area contributed by atoms with Crippen LogP contribution in [0.25, 0.3) is 78.7 Å². The third kappa shape index (κ3) is 6.05. The van der Waals surface area contributed by atoms with E-state index in [1.54, 1.807) is 0 Å². The van der Waals surface area contributed by atoms with E-state index < -0.39 is 0 Å². The number of benzene rings is 7. The van der Waals surface area contributed by atoms with Gasteiger partial charge in [0.2, 0.25) is 0 Å². The summed E-state index contributed by atoms with van der Waals surface area (Å²) in [5.74, 6) is 1.89. The maximum absolute atomic E-state index is 5.18. The molecule has 226 valence electrons. The van der Waals surface area contributed by atoms with E-state index in [9.17, 15) is 0 Å². The third-order valence-corrected chi connectivity index (χ3v) is 8.54.